The number of rotatable bonds is 3. The summed E-state index contributed by atoms with van der Waals surface area (Å²) in [6.45, 7) is 3.71. The molecule has 2 aliphatic heterocycles. The Balaban J connectivity index is 1.21. The Kier molecular flexibility index (Phi) is 3.43. The minimum absolute atomic E-state index is 0.133. The number of hydrogen-bond donors (Lipinski definition) is 0. The van der Waals surface area contributed by atoms with Crippen LogP contribution in [0.5, 0.6) is 5.75 Å². The topological polar surface area (TPSA) is 45.7 Å². The van der Waals surface area contributed by atoms with E-state index in [0.29, 0.717) is 0 Å². The quantitative estimate of drug-likeness (QED) is 0.715. The zero-order valence-electron chi connectivity index (χ0n) is 14.5. The third kappa shape index (κ3) is 2.44. The van der Waals surface area contributed by atoms with Crippen molar-refractivity contribution in [2.45, 2.75) is 0 Å². The van der Waals surface area contributed by atoms with Crippen LogP contribution in [-0.2, 0) is 0 Å². The van der Waals surface area contributed by atoms with Crippen LogP contribution < -0.4 is 9.64 Å². The van der Waals surface area contributed by atoms with Crippen molar-refractivity contribution in [3.05, 3.63) is 53.5 Å². The van der Waals surface area contributed by atoms with Crippen molar-refractivity contribution in [2.24, 2.45) is 5.41 Å². The Morgan fingerprint density at radius 1 is 1.12 bits per heavy atom. The third-order valence-corrected chi connectivity index (χ3v) is 6.20. The summed E-state index contributed by atoms with van der Waals surface area (Å²) in [6.07, 6.45) is 0. The average Bonchev–Trinajstić information content (AvgIpc) is 3.07. The van der Waals surface area contributed by atoms with Gasteiger partial charge in [-0.05, 0) is 42.5 Å². The van der Waals surface area contributed by atoms with E-state index < -0.39 is 0 Å². The van der Waals surface area contributed by atoms with Crippen molar-refractivity contribution in [3.63, 3.8) is 0 Å². The van der Waals surface area contributed by atoms with E-state index in [0.717, 1.165) is 47.7 Å². The van der Waals surface area contributed by atoms with E-state index >= 15 is 0 Å². The third-order valence-electron chi connectivity index (χ3n) is 5.41. The van der Waals surface area contributed by atoms with Gasteiger partial charge in [-0.1, -0.05) is 0 Å². The number of anilines is 1. The van der Waals surface area contributed by atoms with Crippen LogP contribution in [0.3, 0.4) is 0 Å². The zero-order valence-corrected chi connectivity index (χ0v) is 15.3. The number of fused-ring (bicyclic) bond motifs is 1. The van der Waals surface area contributed by atoms with Gasteiger partial charge in [0.15, 0.2) is 0 Å². The van der Waals surface area contributed by atoms with Crippen LogP contribution in [-0.4, -0.2) is 49.1 Å². The second-order valence-corrected chi connectivity index (χ2v) is 8.14. The number of thiazole rings is 1. The number of amides is 1. The number of hydrogen-bond acceptors (Lipinski definition) is 5. The second-order valence-electron chi connectivity index (χ2n) is 7.25. The van der Waals surface area contributed by atoms with Gasteiger partial charge in [0.1, 0.15) is 5.75 Å². The summed E-state index contributed by atoms with van der Waals surface area (Å²) < 4.78 is 6.28. The van der Waals surface area contributed by atoms with E-state index in [4.69, 9.17) is 4.74 Å². The molecular formula is C20H19N3O2S. The van der Waals surface area contributed by atoms with Crippen LogP contribution in [0.25, 0.3) is 10.2 Å². The molecule has 2 aromatic carbocycles. The highest BCUT2D eigenvalue weighted by Gasteiger charge is 2.53. The Morgan fingerprint density at radius 3 is 2.62 bits per heavy atom. The zero-order chi connectivity index (χ0) is 17.7. The summed E-state index contributed by atoms with van der Waals surface area (Å²) in [7, 11) is 1.68. The monoisotopic (exact) mass is 365 g/mol. The minimum atomic E-state index is 0.133. The normalized spacial score (nSPS) is 17.9. The SMILES string of the molecule is COc1ccc(N2CC3(CN(C(=O)c4ccc5ncsc5c4)C3)C2)cc1. The minimum Gasteiger partial charge on any atom is -0.497 e. The van der Waals surface area contributed by atoms with Gasteiger partial charge in [0.05, 0.1) is 22.8 Å². The highest BCUT2D eigenvalue weighted by molar-refractivity contribution is 7.16. The van der Waals surface area contributed by atoms with Gasteiger partial charge in [-0.25, -0.2) is 4.98 Å². The molecule has 0 saturated carbocycles. The van der Waals surface area contributed by atoms with Crippen molar-refractivity contribution in [2.75, 3.05) is 38.2 Å². The molecule has 2 saturated heterocycles. The summed E-state index contributed by atoms with van der Waals surface area (Å²) in [5, 5.41) is 0. The predicted octanol–water partition coefficient (Wildman–Crippen LogP) is 3.27. The molecule has 26 heavy (non-hydrogen) atoms. The van der Waals surface area contributed by atoms with Gasteiger partial charge in [0.25, 0.3) is 5.91 Å². The molecule has 0 aliphatic carbocycles. The molecule has 1 amide bonds. The summed E-state index contributed by atoms with van der Waals surface area (Å²) >= 11 is 1.57. The summed E-state index contributed by atoms with van der Waals surface area (Å²) in [4.78, 5) is 21.3. The van der Waals surface area contributed by atoms with E-state index in [1.807, 2.05) is 40.7 Å². The molecule has 3 aromatic rings. The fourth-order valence-electron chi connectivity index (χ4n) is 4.02. The van der Waals surface area contributed by atoms with Crippen LogP contribution >= 0.6 is 11.3 Å². The standard InChI is InChI=1S/C20H19N3O2S/c1-25-16-5-3-15(4-6-16)22-9-20(10-22)11-23(12-20)19(24)14-2-7-17-18(8-14)26-13-21-17/h2-8,13H,9-12H2,1H3. The Bertz CT molecular complexity index is 968. The van der Waals surface area contributed by atoms with Gasteiger partial charge in [-0.15, -0.1) is 11.3 Å². The first kappa shape index (κ1) is 15.6. The number of carbonyl (C=O) groups excluding carboxylic acids is 1. The highest BCUT2D eigenvalue weighted by atomic mass is 32.1. The maximum absolute atomic E-state index is 12.7. The summed E-state index contributed by atoms with van der Waals surface area (Å²) in [5.74, 6) is 1.01. The lowest BCUT2D eigenvalue weighted by Crippen LogP contribution is -2.73. The second kappa shape index (κ2) is 5.71. The van der Waals surface area contributed by atoms with Crippen LogP contribution in [0, 0.1) is 5.41 Å². The van der Waals surface area contributed by atoms with Crippen LogP contribution in [0.4, 0.5) is 5.69 Å². The van der Waals surface area contributed by atoms with Crippen molar-refractivity contribution in [3.8, 4) is 5.75 Å². The van der Waals surface area contributed by atoms with Crippen molar-refractivity contribution < 1.29 is 9.53 Å². The molecule has 2 fully saturated rings. The lowest BCUT2D eigenvalue weighted by atomic mass is 9.72. The first-order chi connectivity index (χ1) is 12.7. The maximum Gasteiger partial charge on any atom is 0.253 e. The fourth-order valence-corrected chi connectivity index (χ4v) is 4.73. The lowest BCUT2D eigenvalue weighted by Gasteiger charge is -2.61. The number of likely N-dealkylation sites (tertiary alicyclic amines) is 1. The molecule has 132 valence electrons. The summed E-state index contributed by atoms with van der Waals surface area (Å²) in [6, 6.07) is 14.0. The smallest absolute Gasteiger partial charge is 0.253 e. The van der Waals surface area contributed by atoms with Gasteiger partial charge in [0, 0.05) is 42.8 Å². The molecular weight excluding hydrogens is 346 g/mol. The maximum atomic E-state index is 12.7. The van der Waals surface area contributed by atoms with Gasteiger partial charge >= 0.3 is 0 Å². The molecule has 0 atom stereocenters. The molecule has 0 N–H and O–H groups in total. The van der Waals surface area contributed by atoms with E-state index in [-0.39, 0.29) is 11.3 Å². The first-order valence-electron chi connectivity index (χ1n) is 8.67. The Labute approximate surface area is 155 Å². The van der Waals surface area contributed by atoms with E-state index in [2.05, 4.69) is 22.0 Å². The average molecular weight is 365 g/mol. The van der Waals surface area contributed by atoms with Crippen LogP contribution in [0.1, 0.15) is 10.4 Å². The van der Waals surface area contributed by atoms with Crippen molar-refractivity contribution in [1.29, 1.82) is 0 Å². The number of benzene rings is 2. The molecule has 5 rings (SSSR count). The number of aromatic nitrogens is 1. The Hall–Kier alpha value is -2.60. The first-order valence-corrected chi connectivity index (χ1v) is 9.55. The summed E-state index contributed by atoms with van der Waals surface area (Å²) in [5.41, 5.74) is 5.03. The van der Waals surface area contributed by atoms with Crippen LogP contribution in [0.15, 0.2) is 48.0 Å². The number of methoxy groups -OCH3 is 1. The van der Waals surface area contributed by atoms with E-state index in [1.165, 1.54) is 5.69 Å². The molecule has 1 aromatic heterocycles. The van der Waals surface area contributed by atoms with Gasteiger partial charge in [-0.3, -0.25) is 4.79 Å². The fraction of sp³-hybridized carbons (Fsp3) is 0.300. The van der Waals surface area contributed by atoms with E-state index in [9.17, 15) is 4.79 Å². The largest absolute Gasteiger partial charge is 0.497 e. The molecule has 0 radical (unpaired) electrons. The van der Waals surface area contributed by atoms with Gasteiger partial charge < -0.3 is 14.5 Å². The molecule has 2 aliphatic rings. The lowest BCUT2D eigenvalue weighted by molar-refractivity contribution is -0.0104. The van der Waals surface area contributed by atoms with Crippen LogP contribution in [0.2, 0.25) is 0 Å². The molecule has 3 heterocycles. The molecule has 0 bridgehead atoms. The molecule has 6 heteroatoms. The van der Waals surface area contributed by atoms with E-state index in [1.54, 1.807) is 18.4 Å². The van der Waals surface area contributed by atoms with Gasteiger partial charge in [-0.2, -0.15) is 0 Å². The molecule has 1 spiro atoms. The Morgan fingerprint density at radius 2 is 1.88 bits per heavy atom. The number of carbonyl (C=O) groups is 1. The molecule has 0 unspecified atom stereocenters. The van der Waals surface area contributed by atoms with Crippen molar-refractivity contribution >= 4 is 33.1 Å². The van der Waals surface area contributed by atoms with Gasteiger partial charge in [0.2, 0.25) is 0 Å². The van der Waals surface area contributed by atoms with Crippen molar-refractivity contribution in [1.82, 2.24) is 9.88 Å². The predicted molar refractivity (Wildman–Crippen MR) is 103 cm³/mol. The number of ether oxygens (including phenoxy) is 1. The number of nitrogens with zero attached hydrogens (tertiary/aromatic N) is 3. The highest BCUT2D eigenvalue weighted by Crippen LogP contribution is 2.42. The molecule has 5 nitrogen and oxygen atoms in total.